The highest BCUT2D eigenvalue weighted by Gasteiger charge is 2.33. The third kappa shape index (κ3) is 5.72. The van der Waals surface area contributed by atoms with Gasteiger partial charge in [-0.25, -0.2) is 15.2 Å². The first-order valence-electron chi connectivity index (χ1n) is 7.21. The van der Waals surface area contributed by atoms with Crippen LogP contribution in [0.25, 0.3) is 0 Å². The van der Waals surface area contributed by atoms with Gasteiger partial charge in [0.25, 0.3) is 5.91 Å². The molecule has 24 heavy (non-hydrogen) atoms. The molecule has 0 saturated carbocycles. The Balaban J connectivity index is 3.19. The molecular formula is C16H21Cl3N2O3. The van der Waals surface area contributed by atoms with Crippen LogP contribution in [-0.2, 0) is 4.74 Å². The number of nitrogens with one attached hydrogen (secondary N) is 1. The molecule has 0 unspecified atom stereocenters. The van der Waals surface area contributed by atoms with Gasteiger partial charge in [0.05, 0.1) is 21.1 Å². The van der Waals surface area contributed by atoms with Crippen LogP contribution in [0.2, 0.25) is 15.1 Å². The van der Waals surface area contributed by atoms with Gasteiger partial charge >= 0.3 is 6.09 Å². The maximum absolute atomic E-state index is 12.9. The Morgan fingerprint density at radius 2 is 1.46 bits per heavy atom. The molecule has 1 aromatic rings. The molecule has 0 aliphatic heterocycles. The molecule has 0 aliphatic carbocycles. The number of benzene rings is 1. The van der Waals surface area contributed by atoms with Crippen molar-refractivity contribution in [2.75, 3.05) is 0 Å². The summed E-state index contributed by atoms with van der Waals surface area (Å²) >= 11 is 18.1. The summed E-state index contributed by atoms with van der Waals surface area (Å²) in [5, 5.41) is 1.63. The normalized spacial score (nSPS) is 11.9. The highest BCUT2D eigenvalue weighted by atomic mass is 35.5. The average Bonchev–Trinajstić information content (AvgIpc) is 2.30. The molecule has 8 heteroatoms. The Hall–Kier alpha value is -1.17. The molecule has 0 atom stereocenters. The monoisotopic (exact) mass is 394 g/mol. The highest BCUT2D eigenvalue weighted by molar-refractivity contribution is 6.42. The maximum Gasteiger partial charge on any atom is 0.426 e. The number of ether oxygens (including phenoxy) is 1. The predicted molar refractivity (Wildman–Crippen MR) is 96.8 cm³/mol. The lowest BCUT2D eigenvalue weighted by Gasteiger charge is -2.36. The van der Waals surface area contributed by atoms with Crippen molar-refractivity contribution in [1.82, 2.24) is 10.4 Å². The van der Waals surface area contributed by atoms with E-state index in [-0.39, 0.29) is 15.6 Å². The van der Waals surface area contributed by atoms with Gasteiger partial charge in [0.15, 0.2) is 0 Å². The fraction of sp³-hybridized carbons (Fsp3) is 0.500. The van der Waals surface area contributed by atoms with Crippen molar-refractivity contribution in [2.45, 2.75) is 52.7 Å². The molecule has 0 radical (unpaired) electrons. The molecule has 134 valence electrons. The highest BCUT2D eigenvalue weighted by Crippen LogP contribution is 2.31. The van der Waals surface area contributed by atoms with Crippen LogP contribution in [0.15, 0.2) is 12.1 Å². The van der Waals surface area contributed by atoms with Crippen LogP contribution in [0, 0.1) is 0 Å². The van der Waals surface area contributed by atoms with Gasteiger partial charge in [-0.1, -0.05) is 34.8 Å². The van der Waals surface area contributed by atoms with Crippen LogP contribution in [0.4, 0.5) is 4.79 Å². The van der Waals surface area contributed by atoms with Crippen molar-refractivity contribution in [3.63, 3.8) is 0 Å². The first-order chi connectivity index (χ1) is 10.7. The van der Waals surface area contributed by atoms with Crippen molar-refractivity contribution < 1.29 is 14.3 Å². The fourth-order valence-corrected chi connectivity index (χ4v) is 2.75. The Labute approximate surface area is 157 Å². The summed E-state index contributed by atoms with van der Waals surface area (Å²) < 4.78 is 5.20. The van der Waals surface area contributed by atoms with E-state index in [0.717, 1.165) is 5.01 Å². The number of rotatable bonds is 1. The van der Waals surface area contributed by atoms with E-state index in [1.165, 1.54) is 12.1 Å². The van der Waals surface area contributed by atoms with E-state index in [1.807, 2.05) is 0 Å². The third-order valence-corrected chi connectivity index (χ3v) is 3.51. The largest absolute Gasteiger partial charge is 0.443 e. The number of hydrogen-bond acceptors (Lipinski definition) is 3. The Morgan fingerprint density at radius 3 is 1.83 bits per heavy atom. The maximum atomic E-state index is 12.9. The van der Waals surface area contributed by atoms with E-state index < -0.39 is 23.1 Å². The van der Waals surface area contributed by atoms with E-state index >= 15 is 0 Å². The Bertz CT molecular complexity index is 626. The minimum atomic E-state index is -0.757. The van der Waals surface area contributed by atoms with Gasteiger partial charge in [-0.3, -0.25) is 4.79 Å². The minimum Gasteiger partial charge on any atom is -0.443 e. The van der Waals surface area contributed by atoms with Gasteiger partial charge in [0.1, 0.15) is 5.60 Å². The van der Waals surface area contributed by atoms with Gasteiger partial charge in [-0.2, -0.15) is 0 Å². The van der Waals surface area contributed by atoms with E-state index in [9.17, 15) is 9.59 Å². The van der Waals surface area contributed by atoms with Crippen molar-refractivity contribution in [3.05, 3.63) is 32.8 Å². The SMILES string of the molecule is CC(C)(C)OC(=O)NN(C(=O)c1c(Cl)cc(Cl)cc1Cl)C(C)(C)C. The zero-order valence-corrected chi connectivity index (χ0v) is 16.7. The van der Waals surface area contributed by atoms with Gasteiger partial charge in [-0.05, 0) is 53.7 Å². The summed E-state index contributed by atoms with van der Waals surface area (Å²) in [5.74, 6) is -0.569. The second kappa shape index (κ2) is 7.38. The summed E-state index contributed by atoms with van der Waals surface area (Å²) in [4.78, 5) is 25.0. The molecule has 5 nitrogen and oxygen atoms in total. The van der Waals surface area contributed by atoms with Crippen molar-refractivity contribution in [3.8, 4) is 0 Å². The number of amides is 2. The molecule has 1 aromatic carbocycles. The number of carbonyl (C=O) groups is 2. The molecule has 1 rings (SSSR count). The van der Waals surface area contributed by atoms with Gasteiger partial charge in [0, 0.05) is 5.02 Å². The van der Waals surface area contributed by atoms with Crippen LogP contribution >= 0.6 is 34.8 Å². The lowest BCUT2D eigenvalue weighted by molar-refractivity contribution is 0.0118. The summed E-state index contributed by atoms with van der Waals surface area (Å²) in [6, 6.07) is 2.83. The number of hydrogen-bond donors (Lipinski definition) is 1. The van der Waals surface area contributed by atoms with Crippen molar-refractivity contribution in [1.29, 1.82) is 0 Å². The molecule has 2 amide bonds. The average molecular weight is 396 g/mol. The standard InChI is InChI=1S/C16H21Cl3N2O3/c1-15(2,3)21(20-14(23)24-16(4,5)6)13(22)12-10(18)7-9(17)8-11(12)19/h7-8H,1-6H3,(H,20,23). The molecule has 0 saturated heterocycles. The summed E-state index contributed by atoms with van der Waals surface area (Å²) in [6.07, 6.45) is -0.757. The fourth-order valence-electron chi connectivity index (χ4n) is 1.77. The van der Waals surface area contributed by atoms with Crippen LogP contribution in [-0.4, -0.2) is 28.1 Å². The van der Waals surface area contributed by atoms with E-state index in [0.29, 0.717) is 5.02 Å². The smallest absolute Gasteiger partial charge is 0.426 e. The summed E-state index contributed by atoms with van der Waals surface area (Å²) in [5.41, 5.74) is 1.05. The first-order valence-corrected chi connectivity index (χ1v) is 8.34. The lowest BCUT2D eigenvalue weighted by atomic mass is 10.1. The van der Waals surface area contributed by atoms with Crippen LogP contribution in [0.1, 0.15) is 51.9 Å². The lowest BCUT2D eigenvalue weighted by Crippen LogP contribution is -2.56. The topological polar surface area (TPSA) is 58.6 Å². The molecule has 0 aromatic heterocycles. The third-order valence-electron chi connectivity index (χ3n) is 2.70. The molecule has 0 heterocycles. The molecule has 0 spiro atoms. The van der Waals surface area contributed by atoms with Gasteiger partial charge < -0.3 is 4.74 Å². The first kappa shape index (κ1) is 20.9. The summed E-state index contributed by atoms with van der Waals surface area (Å²) in [7, 11) is 0. The molecule has 0 aliphatic rings. The van der Waals surface area contributed by atoms with Crippen molar-refractivity contribution in [2.24, 2.45) is 0 Å². The number of hydrazine groups is 1. The van der Waals surface area contributed by atoms with E-state index in [2.05, 4.69) is 5.43 Å². The van der Waals surface area contributed by atoms with E-state index in [1.54, 1.807) is 41.5 Å². The summed E-state index contributed by atoms with van der Waals surface area (Å²) in [6.45, 7) is 10.4. The quantitative estimate of drug-likeness (QED) is 0.654. The zero-order valence-electron chi connectivity index (χ0n) is 14.5. The predicted octanol–water partition coefficient (Wildman–Crippen LogP) is 5.33. The molecule has 0 fully saturated rings. The van der Waals surface area contributed by atoms with Crippen LogP contribution in [0.5, 0.6) is 0 Å². The number of nitrogens with zero attached hydrogens (tertiary/aromatic N) is 1. The molecule has 0 bridgehead atoms. The number of halogens is 3. The minimum absolute atomic E-state index is 0.0497. The van der Waals surface area contributed by atoms with Crippen LogP contribution < -0.4 is 5.43 Å². The zero-order chi connectivity index (χ0) is 18.9. The molecule has 1 N–H and O–H groups in total. The second-order valence-electron chi connectivity index (χ2n) is 7.17. The van der Waals surface area contributed by atoms with Gasteiger partial charge in [0.2, 0.25) is 0 Å². The Morgan fingerprint density at radius 1 is 1.00 bits per heavy atom. The van der Waals surface area contributed by atoms with E-state index in [4.69, 9.17) is 39.5 Å². The van der Waals surface area contributed by atoms with Crippen LogP contribution in [0.3, 0.4) is 0 Å². The Kier molecular flexibility index (Phi) is 6.42. The van der Waals surface area contributed by atoms with Gasteiger partial charge in [-0.15, -0.1) is 0 Å². The molecular weight excluding hydrogens is 375 g/mol. The second-order valence-corrected chi connectivity index (χ2v) is 8.42. The number of carbonyl (C=O) groups excluding carboxylic acids is 2. The van der Waals surface area contributed by atoms with Crippen molar-refractivity contribution >= 4 is 46.8 Å².